The second-order valence-electron chi connectivity index (χ2n) is 13.5. The lowest BCUT2D eigenvalue weighted by molar-refractivity contribution is -0.183. The molecule has 0 radical (unpaired) electrons. The van der Waals surface area contributed by atoms with Crippen molar-refractivity contribution in [2.45, 2.75) is 115 Å². The van der Waals surface area contributed by atoms with Gasteiger partial charge in [-0.2, -0.15) is 0 Å². The number of aliphatic hydroxyl groups is 1. The largest absolute Gasteiger partial charge is 0.458 e. The molecule has 2 aromatic rings. The van der Waals surface area contributed by atoms with Gasteiger partial charge in [-0.05, 0) is 58.6 Å². The number of aliphatic hydroxyl groups excluding tert-OH is 1. The number of rotatable bonds is 15. The molecular formula is C39H52O9. The van der Waals surface area contributed by atoms with Gasteiger partial charge in [-0.25, -0.2) is 4.79 Å². The van der Waals surface area contributed by atoms with E-state index in [0.717, 1.165) is 11.1 Å². The Hall–Kier alpha value is -3.15. The summed E-state index contributed by atoms with van der Waals surface area (Å²) in [6.45, 7) is 14.3. The van der Waals surface area contributed by atoms with Gasteiger partial charge in [0.25, 0.3) is 0 Å². The molecule has 1 saturated heterocycles. The minimum absolute atomic E-state index is 0.279. The minimum atomic E-state index is -1.61. The average molecular weight is 665 g/mol. The number of carbonyl (C=O) groups is 1. The van der Waals surface area contributed by atoms with Crippen molar-refractivity contribution in [1.29, 1.82) is 0 Å². The Labute approximate surface area is 285 Å². The molecule has 0 aliphatic carbocycles. The van der Waals surface area contributed by atoms with Gasteiger partial charge < -0.3 is 38.3 Å². The molecule has 262 valence electrons. The molecule has 2 aliphatic heterocycles. The normalized spacial score (nSPS) is 26.3. The van der Waals surface area contributed by atoms with Crippen LogP contribution < -0.4 is 0 Å². The van der Waals surface area contributed by atoms with E-state index in [1.54, 1.807) is 39.0 Å². The van der Waals surface area contributed by atoms with Crippen LogP contribution in [0.5, 0.6) is 0 Å². The van der Waals surface area contributed by atoms with Crippen molar-refractivity contribution in [3.63, 3.8) is 0 Å². The minimum Gasteiger partial charge on any atom is -0.458 e. The van der Waals surface area contributed by atoms with Crippen LogP contribution >= 0.6 is 0 Å². The van der Waals surface area contributed by atoms with Gasteiger partial charge in [-0.3, -0.25) is 0 Å². The highest BCUT2D eigenvalue weighted by molar-refractivity contribution is 5.76. The molecule has 9 heteroatoms. The average Bonchev–Trinajstić information content (AvgIpc) is 3.40. The summed E-state index contributed by atoms with van der Waals surface area (Å²) in [4.78, 5) is 13.0. The van der Waals surface area contributed by atoms with Gasteiger partial charge in [-0.15, -0.1) is 6.58 Å². The fourth-order valence-electron chi connectivity index (χ4n) is 5.41. The maximum absolute atomic E-state index is 13.0. The molecule has 0 bridgehead atoms. The smallest absolute Gasteiger partial charge is 0.338 e. The molecule has 1 N–H and O–H groups in total. The Kier molecular flexibility index (Phi) is 14.1. The van der Waals surface area contributed by atoms with E-state index in [1.807, 2.05) is 86.7 Å². The van der Waals surface area contributed by atoms with Crippen LogP contribution in [0.25, 0.3) is 0 Å². The van der Waals surface area contributed by atoms with Crippen molar-refractivity contribution in [3.05, 3.63) is 109 Å². The quantitative estimate of drug-likeness (QED) is 0.175. The van der Waals surface area contributed by atoms with Crippen LogP contribution in [0.15, 0.2) is 97.6 Å². The van der Waals surface area contributed by atoms with Crippen LogP contribution in [-0.2, 0) is 51.2 Å². The first-order valence-corrected chi connectivity index (χ1v) is 16.7. The first-order valence-electron chi connectivity index (χ1n) is 16.7. The lowest BCUT2D eigenvalue weighted by Crippen LogP contribution is -2.47. The monoisotopic (exact) mass is 664 g/mol. The van der Waals surface area contributed by atoms with Gasteiger partial charge in [-0.1, -0.05) is 91.0 Å². The van der Waals surface area contributed by atoms with Crippen LogP contribution in [0.2, 0.25) is 0 Å². The number of hydrogen-bond donors (Lipinski definition) is 1. The van der Waals surface area contributed by atoms with Crippen LogP contribution in [0.4, 0.5) is 0 Å². The molecule has 7 atom stereocenters. The third-order valence-electron chi connectivity index (χ3n) is 7.74. The Morgan fingerprint density at radius 3 is 2.31 bits per heavy atom. The maximum atomic E-state index is 13.0. The summed E-state index contributed by atoms with van der Waals surface area (Å²) in [5, 5.41) is 11.2. The number of benzene rings is 2. The predicted octanol–water partition coefficient (Wildman–Crippen LogP) is 6.24. The Balaban J connectivity index is 1.56. The van der Waals surface area contributed by atoms with E-state index in [0.29, 0.717) is 32.7 Å². The molecule has 0 unspecified atom stereocenters. The van der Waals surface area contributed by atoms with Crippen LogP contribution in [0.1, 0.15) is 58.6 Å². The van der Waals surface area contributed by atoms with Gasteiger partial charge in [0.2, 0.25) is 0 Å². The van der Waals surface area contributed by atoms with E-state index < -0.39 is 47.9 Å². The number of hydrogen-bond acceptors (Lipinski definition) is 9. The number of carbonyl (C=O) groups excluding carboxylic acids is 1. The van der Waals surface area contributed by atoms with Crippen molar-refractivity contribution in [2.75, 3.05) is 13.2 Å². The van der Waals surface area contributed by atoms with Crippen molar-refractivity contribution in [2.24, 2.45) is 0 Å². The second kappa shape index (κ2) is 18.0. The van der Waals surface area contributed by atoms with Crippen LogP contribution in [0.3, 0.4) is 0 Å². The standard InChI is InChI=1S/C39H52O9/c1-7-15-32-33(45-34(36(40)37(41)48-38(2,3)4)23-22-30-26-44-39(5,6)47-30)21-14-20-31(43-25-29-18-12-9-13-19-29)35(46-32)27-42-24-28-16-10-8-11-17-28/h7-14,16-19,21-23,30-36,40H,1,15,20,24-27H2,2-6H3/b21-14-,23-22+/t30-,31+,32+,33-,34+,35-,36+/m0/s1. The molecule has 9 nitrogen and oxygen atoms in total. The zero-order chi connectivity index (χ0) is 34.6. The summed E-state index contributed by atoms with van der Waals surface area (Å²) >= 11 is 0. The van der Waals surface area contributed by atoms with E-state index in [4.69, 9.17) is 33.2 Å². The molecule has 2 aromatic carbocycles. The highest BCUT2D eigenvalue weighted by Gasteiger charge is 2.37. The third kappa shape index (κ3) is 12.4. The molecule has 0 aromatic heterocycles. The van der Waals surface area contributed by atoms with Crippen molar-refractivity contribution in [1.82, 2.24) is 0 Å². The van der Waals surface area contributed by atoms with Crippen LogP contribution in [0, 0.1) is 0 Å². The van der Waals surface area contributed by atoms with Gasteiger partial charge >= 0.3 is 5.97 Å². The second-order valence-corrected chi connectivity index (χ2v) is 13.5. The Morgan fingerprint density at radius 2 is 1.71 bits per heavy atom. The van der Waals surface area contributed by atoms with Gasteiger partial charge in [0.1, 0.15) is 30.0 Å². The Morgan fingerprint density at radius 1 is 1.04 bits per heavy atom. The fraction of sp³-hybridized carbons (Fsp3) is 0.513. The summed E-state index contributed by atoms with van der Waals surface area (Å²) in [6.07, 6.45) is 5.01. The molecule has 4 rings (SSSR count). The number of ether oxygens (including phenoxy) is 7. The Bertz CT molecular complexity index is 1320. The summed E-state index contributed by atoms with van der Waals surface area (Å²) in [5.74, 6) is -1.53. The highest BCUT2D eigenvalue weighted by Crippen LogP contribution is 2.27. The van der Waals surface area contributed by atoms with Crippen LogP contribution in [-0.4, -0.2) is 78.4 Å². The topological polar surface area (TPSA) is 102 Å². The van der Waals surface area contributed by atoms with E-state index in [-0.39, 0.29) is 18.8 Å². The molecule has 48 heavy (non-hydrogen) atoms. The van der Waals surface area contributed by atoms with Crippen molar-refractivity contribution in [3.8, 4) is 0 Å². The molecular weight excluding hydrogens is 612 g/mol. The zero-order valence-electron chi connectivity index (χ0n) is 28.9. The first kappa shape index (κ1) is 37.7. The van der Waals surface area contributed by atoms with E-state index in [9.17, 15) is 9.90 Å². The summed E-state index contributed by atoms with van der Waals surface area (Å²) in [6, 6.07) is 20.0. The SMILES string of the molecule is C=CC[C@H]1O[C@@H](COCc2ccccc2)[C@H](OCc2ccccc2)C/C=C\[C@@H]1O[C@H](/C=C/[C@H]1COC(C)(C)O1)[C@@H](O)C(=O)OC(C)(C)C. The van der Waals surface area contributed by atoms with E-state index in [2.05, 4.69) is 6.58 Å². The van der Waals surface area contributed by atoms with Gasteiger partial charge in [0.05, 0.1) is 38.6 Å². The maximum Gasteiger partial charge on any atom is 0.338 e. The fourth-order valence-corrected chi connectivity index (χ4v) is 5.41. The van der Waals surface area contributed by atoms with Gasteiger partial charge in [0, 0.05) is 0 Å². The molecule has 0 saturated carbocycles. The van der Waals surface area contributed by atoms with E-state index >= 15 is 0 Å². The van der Waals surface area contributed by atoms with Gasteiger partial charge in [0.15, 0.2) is 11.9 Å². The molecule has 1 fully saturated rings. The zero-order valence-corrected chi connectivity index (χ0v) is 28.9. The highest BCUT2D eigenvalue weighted by atomic mass is 16.7. The third-order valence-corrected chi connectivity index (χ3v) is 7.74. The molecule has 0 spiro atoms. The lowest BCUT2D eigenvalue weighted by Gasteiger charge is -2.36. The van der Waals surface area contributed by atoms with Crippen molar-refractivity contribution >= 4 is 5.97 Å². The molecule has 0 amide bonds. The summed E-state index contributed by atoms with van der Waals surface area (Å²) < 4.78 is 43.0. The predicted molar refractivity (Wildman–Crippen MR) is 183 cm³/mol. The number of esters is 1. The molecule has 2 aliphatic rings. The summed E-state index contributed by atoms with van der Waals surface area (Å²) in [7, 11) is 0. The molecule has 2 heterocycles. The first-order chi connectivity index (χ1) is 22.9. The van der Waals surface area contributed by atoms with E-state index in [1.165, 1.54) is 0 Å². The lowest BCUT2D eigenvalue weighted by atomic mass is 10.0. The van der Waals surface area contributed by atoms with Crippen molar-refractivity contribution < 1.29 is 43.1 Å². The summed E-state index contributed by atoms with van der Waals surface area (Å²) in [5.41, 5.74) is 1.32.